The Balaban J connectivity index is 0.000000972. The quantitative estimate of drug-likeness (QED) is 0.299. The summed E-state index contributed by atoms with van der Waals surface area (Å²) in [5.74, 6) is 0.758. The van der Waals surface area contributed by atoms with Crippen LogP contribution in [0.25, 0.3) is 0 Å². The summed E-state index contributed by atoms with van der Waals surface area (Å²) in [6, 6.07) is 6.31. The average molecular weight is 503 g/mol. The summed E-state index contributed by atoms with van der Waals surface area (Å²) in [6.45, 7) is 16.1. The van der Waals surface area contributed by atoms with Crippen molar-refractivity contribution in [1.29, 1.82) is 0 Å². The van der Waals surface area contributed by atoms with Gasteiger partial charge in [0, 0.05) is 14.2 Å². The van der Waals surface area contributed by atoms with Crippen LogP contribution in [0.15, 0.2) is 25.2 Å². The molecule has 0 aromatic heterocycles. The molecule has 4 nitrogen and oxygen atoms in total. The predicted molar refractivity (Wildman–Crippen MR) is 114 cm³/mol. The fourth-order valence-electron chi connectivity index (χ4n) is 2.24. The van der Waals surface area contributed by atoms with Gasteiger partial charge in [0.2, 0.25) is 0 Å². The van der Waals surface area contributed by atoms with Crippen molar-refractivity contribution in [1.82, 2.24) is 0 Å². The maximum Gasteiger partial charge on any atom is 0.0696 e. The molecule has 0 N–H and O–H groups in total. The largest absolute Gasteiger partial charge is 0.382 e. The van der Waals surface area contributed by atoms with E-state index in [0.29, 0.717) is 25.0 Å². The van der Waals surface area contributed by atoms with Crippen LogP contribution in [-0.4, -0.2) is 33.0 Å². The summed E-state index contributed by atoms with van der Waals surface area (Å²) in [7, 11) is 16.4. The number of hydrogen-bond donors (Lipinski definition) is 0. The molecular formula is C20H36Cl2MoN2O2. The fourth-order valence-corrected chi connectivity index (χ4v) is 8.29. The van der Waals surface area contributed by atoms with Crippen LogP contribution >= 0.6 is 18.8 Å². The zero-order valence-electron chi connectivity index (χ0n) is 18.2. The first-order valence-electron chi connectivity index (χ1n) is 9.15. The molecule has 0 spiro atoms. The SMILES string of the molecule is CC(C)c1cccc(C(C)C)c1[N]=[Mo]([Cl])([Cl])=[N]C(C)(C)C.COCCOC. The average Bonchev–Trinajstić information content (AvgIpc) is 2.50. The minimum absolute atomic E-state index is 0.265. The Labute approximate surface area is 176 Å². The van der Waals surface area contributed by atoms with Gasteiger partial charge in [0.15, 0.2) is 0 Å². The van der Waals surface area contributed by atoms with Crippen LogP contribution < -0.4 is 0 Å². The molecule has 0 fully saturated rings. The Bertz CT molecular complexity index is 651. The number of methoxy groups -OCH3 is 2. The van der Waals surface area contributed by atoms with Crippen molar-refractivity contribution < 1.29 is 23.1 Å². The number of hydrogen-bond acceptors (Lipinski definition) is 4. The molecule has 158 valence electrons. The van der Waals surface area contributed by atoms with E-state index in [1.807, 2.05) is 20.8 Å². The van der Waals surface area contributed by atoms with Crippen molar-refractivity contribution in [2.45, 2.75) is 65.8 Å². The molecule has 1 aromatic rings. The Kier molecular flexibility index (Phi) is 12.5. The molecule has 0 heterocycles. The fraction of sp³-hybridized carbons (Fsp3) is 0.700. The molecule has 7 heteroatoms. The van der Waals surface area contributed by atoms with Gasteiger partial charge in [-0.1, -0.05) is 0 Å². The summed E-state index contributed by atoms with van der Waals surface area (Å²) in [4.78, 5) is 0. The molecule has 27 heavy (non-hydrogen) atoms. The standard InChI is InChI=1S/C12H17N.C4H9N.C4H10O2.2ClH.Mo/c1-8(2)10-6-5-7-11(9(3)4)12(10)13;1-4(2,3)5;1-5-3-4-6-2;;;/h5-9H,1-4H3;1-3H3;3-4H2,1-2H3;2*1H;/q;;;;;+2/p-2. The summed E-state index contributed by atoms with van der Waals surface area (Å²) in [5, 5.41) is 0. The third-order valence-electron chi connectivity index (χ3n) is 3.42. The van der Waals surface area contributed by atoms with Crippen molar-refractivity contribution in [3.8, 4) is 0 Å². The second-order valence-electron chi connectivity index (χ2n) is 7.85. The number of ether oxygens (including phenoxy) is 2. The van der Waals surface area contributed by atoms with Crippen molar-refractivity contribution >= 4 is 24.5 Å². The van der Waals surface area contributed by atoms with Crippen LogP contribution in [0.3, 0.4) is 0 Å². The Morgan fingerprint density at radius 2 is 1.33 bits per heavy atom. The Morgan fingerprint density at radius 1 is 0.926 bits per heavy atom. The minimum atomic E-state index is -3.62. The smallest absolute Gasteiger partial charge is 0.0696 e. The van der Waals surface area contributed by atoms with Gasteiger partial charge >= 0.3 is 140 Å². The Hall–Kier alpha value is 0.00831. The van der Waals surface area contributed by atoms with E-state index in [1.165, 1.54) is 11.1 Å². The third kappa shape index (κ3) is 11.6. The zero-order chi connectivity index (χ0) is 21.3. The van der Waals surface area contributed by atoms with Gasteiger partial charge in [-0.15, -0.1) is 0 Å². The zero-order valence-corrected chi connectivity index (χ0v) is 21.7. The van der Waals surface area contributed by atoms with Crippen LogP contribution in [0.1, 0.15) is 71.4 Å². The number of rotatable bonds is 6. The van der Waals surface area contributed by atoms with Crippen LogP contribution in [-0.2, 0) is 23.1 Å². The van der Waals surface area contributed by atoms with Gasteiger partial charge in [-0.25, -0.2) is 0 Å². The maximum atomic E-state index is 6.53. The molecule has 1 rings (SSSR count). The van der Waals surface area contributed by atoms with E-state index < -0.39 is 13.6 Å². The molecule has 0 aliphatic rings. The van der Waals surface area contributed by atoms with Crippen molar-refractivity contribution in [3.05, 3.63) is 29.3 Å². The summed E-state index contributed by atoms with van der Waals surface area (Å²) < 4.78 is 18.7. The number of nitrogens with zero attached hydrogens (tertiary/aromatic N) is 2. The van der Waals surface area contributed by atoms with Crippen molar-refractivity contribution in [3.63, 3.8) is 0 Å². The number of halogens is 2. The van der Waals surface area contributed by atoms with Gasteiger partial charge in [0.05, 0.1) is 13.2 Å². The van der Waals surface area contributed by atoms with Gasteiger partial charge in [0.25, 0.3) is 0 Å². The van der Waals surface area contributed by atoms with E-state index in [4.69, 9.17) is 22.3 Å². The third-order valence-corrected chi connectivity index (χ3v) is 7.93. The van der Waals surface area contributed by atoms with Gasteiger partial charge in [-0.3, -0.25) is 0 Å². The summed E-state index contributed by atoms with van der Waals surface area (Å²) in [6.07, 6.45) is 0. The van der Waals surface area contributed by atoms with Crippen LogP contribution in [0.2, 0.25) is 0 Å². The monoisotopic (exact) mass is 504 g/mol. The van der Waals surface area contributed by atoms with E-state index in [0.717, 1.165) is 5.69 Å². The van der Waals surface area contributed by atoms with Crippen molar-refractivity contribution in [2.24, 2.45) is 6.99 Å². The topological polar surface area (TPSA) is 43.2 Å². The molecule has 1 aromatic carbocycles. The Morgan fingerprint density at radius 3 is 1.63 bits per heavy atom. The second-order valence-corrected chi connectivity index (χ2v) is 16.8. The molecule has 0 saturated heterocycles. The summed E-state index contributed by atoms with van der Waals surface area (Å²) in [5.41, 5.74) is 3.09. The van der Waals surface area contributed by atoms with E-state index in [2.05, 4.69) is 58.9 Å². The molecule has 0 aliphatic heterocycles. The van der Waals surface area contributed by atoms with E-state index in [-0.39, 0.29) is 5.54 Å². The normalized spacial score (nSPS) is 12.0. The van der Waals surface area contributed by atoms with Crippen LogP contribution in [0.4, 0.5) is 5.69 Å². The van der Waals surface area contributed by atoms with Gasteiger partial charge < -0.3 is 9.47 Å². The van der Waals surface area contributed by atoms with Gasteiger partial charge in [-0.2, -0.15) is 0 Å². The molecule has 0 saturated carbocycles. The van der Waals surface area contributed by atoms with E-state index >= 15 is 0 Å². The van der Waals surface area contributed by atoms with Crippen molar-refractivity contribution in [2.75, 3.05) is 27.4 Å². The summed E-state index contributed by atoms with van der Waals surface area (Å²) >= 11 is -3.62. The molecule has 0 bridgehead atoms. The molecule has 0 atom stereocenters. The van der Waals surface area contributed by atoms with Crippen LogP contribution in [0, 0.1) is 0 Å². The predicted octanol–water partition coefficient (Wildman–Crippen LogP) is 7.47. The van der Waals surface area contributed by atoms with Crippen LogP contribution in [0.5, 0.6) is 0 Å². The molecule has 0 unspecified atom stereocenters. The molecular weight excluding hydrogens is 467 g/mol. The second kappa shape index (κ2) is 12.5. The van der Waals surface area contributed by atoms with E-state index in [9.17, 15) is 0 Å². The first kappa shape index (κ1) is 27.0. The molecule has 0 amide bonds. The number of benzene rings is 1. The molecule has 0 radical (unpaired) electrons. The molecule has 0 aliphatic carbocycles. The minimum Gasteiger partial charge on any atom is -0.382 e. The first-order chi connectivity index (χ1) is 12.3. The van der Waals surface area contributed by atoms with E-state index in [1.54, 1.807) is 14.2 Å². The maximum absolute atomic E-state index is 6.53. The first-order valence-corrected chi connectivity index (χ1v) is 16.1. The van der Waals surface area contributed by atoms with Gasteiger partial charge in [-0.05, 0) is 0 Å². The van der Waals surface area contributed by atoms with Gasteiger partial charge in [0.1, 0.15) is 0 Å².